The van der Waals surface area contributed by atoms with Crippen molar-refractivity contribution in [3.63, 3.8) is 0 Å². The summed E-state index contributed by atoms with van der Waals surface area (Å²) in [6.07, 6.45) is 3.31. The van der Waals surface area contributed by atoms with Crippen LogP contribution in [0.2, 0.25) is 5.02 Å². The molecule has 4 rings (SSSR count). The van der Waals surface area contributed by atoms with Gasteiger partial charge in [0, 0.05) is 34.3 Å². The first-order valence-electron chi connectivity index (χ1n) is 10.8. The third-order valence-electron chi connectivity index (χ3n) is 5.76. The number of carbonyl (C=O) groups is 1. The maximum atomic E-state index is 12.7. The highest BCUT2D eigenvalue weighted by atomic mass is 35.5. The molecule has 0 saturated carbocycles. The van der Waals surface area contributed by atoms with E-state index in [4.69, 9.17) is 25.5 Å². The third-order valence-corrected chi connectivity index (χ3v) is 6.05. The summed E-state index contributed by atoms with van der Waals surface area (Å²) in [7, 11) is 3.15. The maximum Gasteiger partial charge on any atom is 0.248 e. The Morgan fingerprint density at radius 1 is 0.971 bits per heavy atom. The summed E-state index contributed by atoms with van der Waals surface area (Å²) in [6, 6.07) is 15.3. The SMILES string of the molecule is COc1ccc(NC(=O)/C=C(\C)c2cc3c(-c4ccc(C)cc4C)coc3cc2OC)cc1Cl. The topological polar surface area (TPSA) is 60.7 Å². The number of ether oxygens (including phenoxy) is 2. The van der Waals surface area contributed by atoms with Crippen molar-refractivity contribution in [1.82, 2.24) is 0 Å². The van der Waals surface area contributed by atoms with Crippen molar-refractivity contribution < 1.29 is 18.7 Å². The van der Waals surface area contributed by atoms with Crippen LogP contribution < -0.4 is 14.8 Å². The molecule has 1 N–H and O–H groups in total. The van der Waals surface area contributed by atoms with Gasteiger partial charge in [-0.25, -0.2) is 0 Å². The van der Waals surface area contributed by atoms with Crippen molar-refractivity contribution in [2.24, 2.45) is 0 Å². The second kappa shape index (κ2) is 9.65. The normalized spacial score (nSPS) is 11.5. The van der Waals surface area contributed by atoms with Crippen molar-refractivity contribution in [2.75, 3.05) is 19.5 Å². The van der Waals surface area contributed by atoms with Gasteiger partial charge in [0.2, 0.25) is 5.91 Å². The molecular weight excluding hydrogens is 450 g/mol. The second-order valence-electron chi connectivity index (χ2n) is 8.18. The largest absolute Gasteiger partial charge is 0.496 e. The molecule has 0 saturated heterocycles. The molecule has 0 bridgehead atoms. The second-order valence-corrected chi connectivity index (χ2v) is 8.59. The molecule has 0 aliphatic heterocycles. The first kappa shape index (κ1) is 23.5. The Morgan fingerprint density at radius 3 is 2.41 bits per heavy atom. The van der Waals surface area contributed by atoms with Crippen molar-refractivity contribution >= 4 is 39.7 Å². The lowest BCUT2D eigenvalue weighted by molar-refractivity contribution is -0.111. The Hall–Kier alpha value is -3.70. The predicted molar refractivity (Wildman–Crippen MR) is 138 cm³/mol. The van der Waals surface area contributed by atoms with Crippen LogP contribution in [0, 0.1) is 13.8 Å². The molecule has 174 valence electrons. The molecule has 0 spiro atoms. The molecule has 1 aromatic heterocycles. The number of rotatable bonds is 6. The molecule has 1 heterocycles. The van der Waals surface area contributed by atoms with Gasteiger partial charge in [-0.2, -0.15) is 0 Å². The van der Waals surface area contributed by atoms with E-state index in [2.05, 4.69) is 37.4 Å². The van der Waals surface area contributed by atoms with Gasteiger partial charge in [0.05, 0.1) is 25.5 Å². The molecule has 5 nitrogen and oxygen atoms in total. The highest BCUT2D eigenvalue weighted by Gasteiger charge is 2.16. The number of allylic oxidation sites excluding steroid dienone is 1. The monoisotopic (exact) mass is 475 g/mol. The van der Waals surface area contributed by atoms with Gasteiger partial charge in [-0.1, -0.05) is 35.4 Å². The lowest BCUT2D eigenvalue weighted by Gasteiger charge is -2.11. The molecule has 6 heteroatoms. The van der Waals surface area contributed by atoms with E-state index < -0.39 is 0 Å². The zero-order valence-corrected chi connectivity index (χ0v) is 20.5. The van der Waals surface area contributed by atoms with Crippen LogP contribution in [0.25, 0.3) is 27.7 Å². The molecule has 0 unspecified atom stereocenters. The minimum atomic E-state index is -0.275. The molecule has 0 atom stereocenters. The molecule has 3 aromatic carbocycles. The standard InChI is InChI=1S/C28H26ClNO4/c1-16-6-8-20(17(2)10-16)23-15-34-27-14-26(33-5)21(13-22(23)27)18(3)11-28(31)30-19-7-9-25(32-4)24(29)12-19/h6-15H,1-5H3,(H,30,31)/b18-11+. The summed E-state index contributed by atoms with van der Waals surface area (Å²) in [5.41, 5.74) is 7.35. The number of benzene rings is 3. The van der Waals surface area contributed by atoms with E-state index in [-0.39, 0.29) is 5.91 Å². The lowest BCUT2D eigenvalue weighted by Crippen LogP contribution is -2.08. The number of halogens is 1. The van der Waals surface area contributed by atoms with Crippen molar-refractivity contribution in [2.45, 2.75) is 20.8 Å². The van der Waals surface area contributed by atoms with E-state index in [1.165, 1.54) is 11.1 Å². The third kappa shape index (κ3) is 4.66. The number of aryl methyl sites for hydroxylation is 2. The summed E-state index contributed by atoms with van der Waals surface area (Å²) in [5.74, 6) is 0.898. The van der Waals surface area contributed by atoms with Crippen molar-refractivity contribution in [3.05, 3.63) is 82.6 Å². The first-order valence-corrected chi connectivity index (χ1v) is 11.2. The fourth-order valence-corrected chi connectivity index (χ4v) is 4.31. The van der Waals surface area contributed by atoms with E-state index in [1.54, 1.807) is 44.8 Å². The molecular formula is C28H26ClNO4. The lowest BCUT2D eigenvalue weighted by atomic mass is 9.96. The highest BCUT2D eigenvalue weighted by molar-refractivity contribution is 6.32. The molecule has 34 heavy (non-hydrogen) atoms. The van der Waals surface area contributed by atoms with E-state index in [0.717, 1.165) is 33.2 Å². The molecule has 0 radical (unpaired) electrons. The predicted octanol–water partition coefficient (Wildman–Crippen LogP) is 7.43. The quantitative estimate of drug-likeness (QED) is 0.294. The number of nitrogens with one attached hydrogen (secondary N) is 1. The minimum absolute atomic E-state index is 0.275. The van der Waals surface area contributed by atoms with Crippen LogP contribution in [0.5, 0.6) is 11.5 Å². The minimum Gasteiger partial charge on any atom is -0.496 e. The Labute approximate surface area is 203 Å². The highest BCUT2D eigenvalue weighted by Crippen LogP contribution is 2.38. The van der Waals surface area contributed by atoms with Crippen LogP contribution in [0.1, 0.15) is 23.6 Å². The van der Waals surface area contributed by atoms with Gasteiger partial charge < -0.3 is 19.2 Å². The fourth-order valence-electron chi connectivity index (χ4n) is 4.05. The van der Waals surface area contributed by atoms with Crippen LogP contribution >= 0.6 is 11.6 Å². The van der Waals surface area contributed by atoms with E-state index >= 15 is 0 Å². The number of fused-ring (bicyclic) bond motifs is 1. The number of carbonyl (C=O) groups excluding carboxylic acids is 1. The fraction of sp³-hybridized carbons (Fsp3) is 0.179. The summed E-state index contributed by atoms with van der Waals surface area (Å²) >= 11 is 6.17. The van der Waals surface area contributed by atoms with Gasteiger partial charge in [0.25, 0.3) is 0 Å². The van der Waals surface area contributed by atoms with Crippen LogP contribution in [0.4, 0.5) is 5.69 Å². The molecule has 0 fully saturated rings. The average Bonchev–Trinajstić information content (AvgIpc) is 3.20. The van der Waals surface area contributed by atoms with Gasteiger partial charge >= 0.3 is 0 Å². The Bertz CT molecular complexity index is 1420. The Balaban J connectivity index is 1.70. The molecule has 4 aromatic rings. The van der Waals surface area contributed by atoms with Gasteiger partial charge in [0.1, 0.15) is 17.1 Å². The van der Waals surface area contributed by atoms with Gasteiger partial charge in [-0.3, -0.25) is 4.79 Å². The number of furan rings is 1. The van der Waals surface area contributed by atoms with Gasteiger partial charge in [-0.15, -0.1) is 0 Å². The van der Waals surface area contributed by atoms with Gasteiger partial charge in [-0.05, 0) is 61.7 Å². The van der Waals surface area contributed by atoms with Crippen LogP contribution in [0.15, 0.2) is 65.3 Å². The number of methoxy groups -OCH3 is 2. The van der Waals surface area contributed by atoms with E-state index in [9.17, 15) is 4.79 Å². The van der Waals surface area contributed by atoms with Crippen LogP contribution in [-0.4, -0.2) is 20.1 Å². The van der Waals surface area contributed by atoms with E-state index in [0.29, 0.717) is 22.2 Å². The summed E-state index contributed by atoms with van der Waals surface area (Å²) in [5, 5.41) is 4.22. The molecule has 1 amide bonds. The zero-order chi connectivity index (χ0) is 24.4. The zero-order valence-electron chi connectivity index (χ0n) is 19.8. The number of amides is 1. The summed E-state index contributed by atoms with van der Waals surface area (Å²) < 4.78 is 16.6. The molecule has 0 aliphatic rings. The number of anilines is 1. The van der Waals surface area contributed by atoms with E-state index in [1.807, 2.05) is 19.1 Å². The number of hydrogen-bond acceptors (Lipinski definition) is 4. The van der Waals surface area contributed by atoms with Crippen LogP contribution in [-0.2, 0) is 4.79 Å². The Morgan fingerprint density at radius 2 is 1.74 bits per heavy atom. The Kier molecular flexibility index (Phi) is 6.66. The van der Waals surface area contributed by atoms with Crippen LogP contribution in [0.3, 0.4) is 0 Å². The molecule has 0 aliphatic carbocycles. The summed E-state index contributed by atoms with van der Waals surface area (Å²) in [4.78, 5) is 12.7. The van der Waals surface area contributed by atoms with Gasteiger partial charge in [0.15, 0.2) is 0 Å². The number of hydrogen-bond donors (Lipinski definition) is 1. The smallest absolute Gasteiger partial charge is 0.248 e. The van der Waals surface area contributed by atoms with Crippen molar-refractivity contribution in [3.8, 4) is 22.6 Å². The first-order chi connectivity index (χ1) is 16.3. The average molecular weight is 476 g/mol. The summed E-state index contributed by atoms with van der Waals surface area (Å²) in [6.45, 7) is 6.04. The maximum absolute atomic E-state index is 12.7. The van der Waals surface area contributed by atoms with Crippen molar-refractivity contribution in [1.29, 1.82) is 0 Å².